The topological polar surface area (TPSA) is 29.1 Å². The lowest BCUT2D eigenvalue weighted by Crippen LogP contribution is -2.12. The molecule has 17 heavy (non-hydrogen) atoms. The lowest BCUT2D eigenvalue weighted by molar-refractivity contribution is -0.137. The molecule has 1 aromatic rings. The zero-order valence-corrected chi connectivity index (χ0v) is 10.8. The summed E-state index contributed by atoms with van der Waals surface area (Å²) in [6, 6.07) is 2.79. The maximum absolute atomic E-state index is 12.3. The van der Waals surface area contributed by atoms with Gasteiger partial charge in [-0.05, 0) is 18.2 Å². The molecule has 0 atom stereocenters. The Hall–Kier alpha value is -0.750. The summed E-state index contributed by atoms with van der Waals surface area (Å²) in [7, 11) is 0. The monoisotopic (exact) mass is 329 g/mol. The van der Waals surface area contributed by atoms with Crippen LogP contribution in [0.15, 0.2) is 18.2 Å². The molecule has 7 heteroatoms. The number of benzene rings is 1. The Morgan fingerprint density at radius 2 is 2.06 bits per heavy atom. The predicted molar refractivity (Wildman–Crippen MR) is 63.5 cm³/mol. The average Bonchev–Trinajstić information content (AvgIpc) is 2.20. The fraction of sp³-hybridized carbons (Fsp3) is 0.300. The van der Waals surface area contributed by atoms with Crippen LogP contribution in [-0.4, -0.2) is 11.2 Å². The van der Waals surface area contributed by atoms with Crippen molar-refractivity contribution in [2.24, 2.45) is 0 Å². The molecule has 0 spiro atoms. The Morgan fingerprint density at radius 1 is 1.41 bits per heavy atom. The van der Waals surface area contributed by atoms with Crippen molar-refractivity contribution in [1.82, 2.24) is 0 Å². The van der Waals surface area contributed by atoms with Gasteiger partial charge in [0, 0.05) is 11.8 Å². The molecular weight excluding hydrogens is 322 g/mol. The number of hydrogen-bond donors (Lipinski definition) is 1. The van der Waals surface area contributed by atoms with Gasteiger partial charge in [-0.2, -0.15) is 13.2 Å². The summed E-state index contributed by atoms with van der Waals surface area (Å²) < 4.78 is 37.0. The first-order valence-corrected chi connectivity index (χ1v) is 6.07. The van der Waals surface area contributed by atoms with Crippen molar-refractivity contribution in [2.45, 2.75) is 12.6 Å². The lowest BCUT2D eigenvalue weighted by atomic mass is 10.2. The van der Waals surface area contributed by atoms with Gasteiger partial charge >= 0.3 is 6.18 Å². The summed E-state index contributed by atoms with van der Waals surface area (Å²) in [5, 5.41) is 2.75. The minimum atomic E-state index is -4.44. The first kappa shape index (κ1) is 14.3. The van der Waals surface area contributed by atoms with E-state index >= 15 is 0 Å². The van der Waals surface area contributed by atoms with E-state index in [1.165, 1.54) is 0 Å². The molecule has 0 saturated carbocycles. The molecule has 1 aromatic carbocycles. The van der Waals surface area contributed by atoms with Gasteiger partial charge in [0.2, 0.25) is 5.91 Å². The van der Waals surface area contributed by atoms with Gasteiger partial charge in [0.1, 0.15) is 0 Å². The lowest BCUT2D eigenvalue weighted by Gasteiger charge is -2.10. The van der Waals surface area contributed by atoms with Crippen LogP contribution in [-0.2, 0) is 11.0 Å². The molecule has 0 aliphatic rings. The molecular formula is C10H8BrClF3NO. The highest BCUT2D eigenvalue weighted by Crippen LogP contribution is 2.33. The van der Waals surface area contributed by atoms with Gasteiger partial charge < -0.3 is 5.32 Å². The molecule has 0 saturated heterocycles. The number of rotatable bonds is 3. The van der Waals surface area contributed by atoms with Gasteiger partial charge in [-0.25, -0.2) is 0 Å². The van der Waals surface area contributed by atoms with E-state index in [0.717, 1.165) is 18.2 Å². The standard InChI is InChI=1S/C10H8BrClF3NO/c11-4-3-9(17)16-8-2-1-6(5-7(8)12)10(13,14)15/h1-2,5H,3-4H2,(H,16,17). The average molecular weight is 331 g/mol. The summed E-state index contributed by atoms with van der Waals surface area (Å²) in [6.07, 6.45) is -4.22. The van der Waals surface area contributed by atoms with Crippen LogP contribution in [0.25, 0.3) is 0 Å². The largest absolute Gasteiger partial charge is 0.416 e. The Labute approximate surface area is 109 Å². The van der Waals surface area contributed by atoms with Crippen LogP contribution in [0.3, 0.4) is 0 Å². The minimum Gasteiger partial charge on any atom is -0.325 e. The Bertz CT molecular complexity index is 423. The number of hydrogen-bond acceptors (Lipinski definition) is 1. The smallest absolute Gasteiger partial charge is 0.325 e. The van der Waals surface area contributed by atoms with Crippen LogP contribution in [0.4, 0.5) is 18.9 Å². The van der Waals surface area contributed by atoms with Crippen molar-refractivity contribution in [1.29, 1.82) is 0 Å². The van der Waals surface area contributed by atoms with E-state index in [0.29, 0.717) is 5.33 Å². The highest BCUT2D eigenvalue weighted by atomic mass is 79.9. The van der Waals surface area contributed by atoms with Gasteiger partial charge in [-0.3, -0.25) is 4.79 Å². The molecule has 1 rings (SSSR count). The van der Waals surface area contributed by atoms with E-state index in [9.17, 15) is 18.0 Å². The number of alkyl halides is 4. The molecule has 94 valence electrons. The number of nitrogens with one attached hydrogen (secondary N) is 1. The summed E-state index contributed by atoms with van der Waals surface area (Å²) in [4.78, 5) is 11.2. The number of halogens is 5. The Kier molecular flexibility index (Phi) is 4.82. The fourth-order valence-electron chi connectivity index (χ4n) is 1.09. The van der Waals surface area contributed by atoms with E-state index in [4.69, 9.17) is 11.6 Å². The third kappa shape index (κ3) is 4.20. The van der Waals surface area contributed by atoms with E-state index in [1.807, 2.05) is 0 Å². The van der Waals surface area contributed by atoms with Gasteiger partial charge in [0.15, 0.2) is 0 Å². The van der Waals surface area contributed by atoms with Crippen LogP contribution in [0.2, 0.25) is 5.02 Å². The molecule has 2 nitrogen and oxygen atoms in total. The fourth-order valence-corrected chi connectivity index (χ4v) is 1.68. The van der Waals surface area contributed by atoms with Crippen LogP contribution in [0.5, 0.6) is 0 Å². The van der Waals surface area contributed by atoms with E-state index in [2.05, 4.69) is 21.2 Å². The number of amides is 1. The van der Waals surface area contributed by atoms with E-state index in [1.54, 1.807) is 0 Å². The number of carbonyl (C=O) groups is 1. The second-order valence-electron chi connectivity index (χ2n) is 3.18. The molecule has 1 N–H and O–H groups in total. The van der Waals surface area contributed by atoms with Crippen LogP contribution in [0, 0.1) is 0 Å². The third-order valence-corrected chi connectivity index (χ3v) is 2.60. The maximum atomic E-state index is 12.3. The molecule has 0 heterocycles. The minimum absolute atomic E-state index is 0.136. The Balaban J connectivity index is 2.87. The van der Waals surface area contributed by atoms with Crippen LogP contribution >= 0.6 is 27.5 Å². The maximum Gasteiger partial charge on any atom is 0.416 e. The van der Waals surface area contributed by atoms with Crippen molar-refractivity contribution >= 4 is 39.1 Å². The van der Waals surface area contributed by atoms with Crippen molar-refractivity contribution in [3.05, 3.63) is 28.8 Å². The third-order valence-electron chi connectivity index (χ3n) is 1.89. The Morgan fingerprint density at radius 3 is 2.53 bits per heavy atom. The number of carbonyl (C=O) groups excluding carboxylic acids is 1. The second kappa shape index (κ2) is 5.73. The van der Waals surface area contributed by atoms with Gasteiger partial charge in [0.05, 0.1) is 16.3 Å². The summed E-state index contributed by atoms with van der Waals surface area (Å²) in [5.41, 5.74) is -0.674. The number of anilines is 1. The quantitative estimate of drug-likeness (QED) is 0.831. The highest BCUT2D eigenvalue weighted by Gasteiger charge is 2.30. The van der Waals surface area contributed by atoms with Crippen molar-refractivity contribution < 1.29 is 18.0 Å². The molecule has 0 aromatic heterocycles. The van der Waals surface area contributed by atoms with Gasteiger partial charge in [0.25, 0.3) is 0 Å². The first-order valence-electron chi connectivity index (χ1n) is 4.57. The molecule has 0 fully saturated rings. The van der Waals surface area contributed by atoms with Crippen LogP contribution in [0.1, 0.15) is 12.0 Å². The summed E-state index contributed by atoms with van der Waals surface area (Å²) >= 11 is 8.73. The molecule has 0 aliphatic heterocycles. The van der Waals surface area contributed by atoms with Crippen molar-refractivity contribution in [3.8, 4) is 0 Å². The summed E-state index contributed by atoms with van der Waals surface area (Å²) in [6.45, 7) is 0. The second-order valence-corrected chi connectivity index (χ2v) is 4.38. The molecule has 0 bridgehead atoms. The zero-order chi connectivity index (χ0) is 13.1. The first-order chi connectivity index (χ1) is 7.84. The molecule has 0 unspecified atom stereocenters. The van der Waals surface area contributed by atoms with Gasteiger partial charge in [-0.15, -0.1) is 0 Å². The molecule has 0 radical (unpaired) electrons. The van der Waals surface area contributed by atoms with Crippen molar-refractivity contribution in [3.63, 3.8) is 0 Å². The van der Waals surface area contributed by atoms with E-state index < -0.39 is 11.7 Å². The predicted octanol–water partition coefficient (Wildman–Crippen LogP) is 4.08. The van der Waals surface area contributed by atoms with E-state index in [-0.39, 0.29) is 23.0 Å². The molecule has 1 amide bonds. The highest BCUT2D eigenvalue weighted by molar-refractivity contribution is 9.09. The molecule has 0 aliphatic carbocycles. The van der Waals surface area contributed by atoms with Gasteiger partial charge in [-0.1, -0.05) is 27.5 Å². The normalized spacial score (nSPS) is 11.4. The van der Waals surface area contributed by atoms with Crippen LogP contribution < -0.4 is 5.32 Å². The summed E-state index contributed by atoms with van der Waals surface area (Å²) in [5.74, 6) is -0.316. The zero-order valence-electron chi connectivity index (χ0n) is 8.44. The SMILES string of the molecule is O=C(CCBr)Nc1ccc(C(F)(F)F)cc1Cl. The van der Waals surface area contributed by atoms with Crippen molar-refractivity contribution in [2.75, 3.05) is 10.6 Å².